The van der Waals surface area contributed by atoms with Gasteiger partial charge in [-0.05, 0) is 0 Å². The monoisotopic (exact) mass is 510 g/mol. The molecule has 0 bridgehead atoms. The molecule has 2 aromatic carbocycles. The Morgan fingerprint density at radius 1 is 0.815 bits per heavy atom. The molecule has 0 saturated heterocycles. The first kappa shape index (κ1) is 21.6. The molecular weight excluding hydrogens is 493 g/mol. The van der Waals surface area contributed by atoms with Gasteiger partial charge in [0.05, 0.1) is 0 Å². The van der Waals surface area contributed by atoms with Gasteiger partial charge in [-0.2, -0.15) is 13.2 Å². The number of halogens is 3. The fourth-order valence-corrected chi connectivity index (χ4v) is 5.65. The summed E-state index contributed by atoms with van der Waals surface area (Å²) in [4.78, 5) is 0. The van der Waals surface area contributed by atoms with Crippen molar-refractivity contribution in [2.24, 2.45) is 0 Å². The third kappa shape index (κ3) is 6.43. The predicted molar refractivity (Wildman–Crippen MR) is 99.2 cm³/mol. The van der Waals surface area contributed by atoms with Crippen LogP contribution in [0.15, 0.2) is 72.8 Å². The second-order valence-corrected chi connectivity index (χ2v) is 9.96. The number of rotatable bonds is 2. The topological polar surface area (TPSA) is 57.2 Å². The third-order valence-electron chi connectivity index (χ3n) is 3.34. The first-order chi connectivity index (χ1) is 12.6. The van der Waals surface area contributed by atoms with E-state index in [0.717, 1.165) is 0 Å². The van der Waals surface area contributed by atoms with Gasteiger partial charge in [-0.3, -0.25) is 0 Å². The first-order valence-electron chi connectivity index (χ1n) is 7.66. The van der Waals surface area contributed by atoms with Gasteiger partial charge in [0.2, 0.25) is 0 Å². The molecule has 1 heterocycles. The maximum Gasteiger partial charge on any atom is 0.485 e. The molecule has 0 fully saturated rings. The van der Waals surface area contributed by atoms with Gasteiger partial charge in [-0.15, -0.1) is 0 Å². The molecule has 3 rings (SSSR count). The summed E-state index contributed by atoms with van der Waals surface area (Å²) in [5.41, 5.74) is -1.53. The van der Waals surface area contributed by atoms with Crippen LogP contribution < -0.4 is 0 Å². The molecule has 8 heteroatoms. The molecule has 0 saturated carbocycles. The number of benzene rings is 2. The van der Waals surface area contributed by atoms with Crippen molar-refractivity contribution in [3.05, 3.63) is 78.4 Å². The minimum absolute atomic E-state index is 0.301. The van der Waals surface area contributed by atoms with Crippen molar-refractivity contribution in [1.29, 1.82) is 0 Å². The number of hydrogen-bond acceptors (Lipinski definition) is 3. The Bertz CT molecular complexity index is 932. The van der Waals surface area contributed by atoms with Crippen LogP contribution in [0.3, 0.4) is 0 Å². The van der Waals surface area contributed by atoms with Gasteiger partial charge in [0, 0.05) is 0 Å². The second-order valence-electron chi connectivity index (χ2n) is 5.50. The average Bonchev–Trinajstić information content (AvgIpc) is 2.61. The van der Waals surface area contributed by atoms with Gasteiger partial charge < -0.3 is 4.55 Å². The molecule has 27 heavy (non-hydrogen) atoms. The SMILES string of the molecule is Cc1cc(-c2ccccc2)[te+]c(-c2ccccc2)c1.O=S(=O)([O-])C(F)(F)F. The molecule has 0 spiro atoms. The van der Waals surface area contributed by atoms with Crippen LogP contribution in [0.2, 0.25) is 0 Å². The largest absolute Gasteiger partial charge is 0.741 e. The average molecular weight is 508 g/mol. The molecule has 0 radical (unpaired) electrons. The first-order valence-corrected chi connectivity index (χ1v) is 11.4. The zero-order valence-electron chi connectivity index (χ0n) is 14.1. The van der Waals surface area contributed by atoms with Crippen molar-refractivity contribution in [2.45, 2.75) is 12.4 Å². The Labute approximate surface area is 165 Å². The minimum Gasteiger partial charge on any atom is -0.741 e. The van der Waals surface area contributed by atoms with Crippen LogP contribution in [0, 0.1) is 6.92 Å². The summed E-state index contributed by atoms with van der Waals surface area (Å²) in [6, 6.07) is 26.2. The van der Waals surface area contributed by atoms with E-state index in [-0.39, 0.29) is 20.4 Å². The van der Waals surface area contributed by atoms with Crippen molar-refractivity contribution in [1.82, 2.24) is 0 Å². The van der Waals surface area contributed by atoms with Crippen molar-refractivity contribution in [2.75, 3.05) is 0 Å². The van der Waals surface area contributed by atoms with Gasteiger partial charge in [-0.1, -0.05) is 0 Å². The zero-order valence-corrected chi connectivity index (χ0v) is 17.3. The van der Waals surface area contributed by atoms with Crippen LogP contribution in [0.25, 0.3) is 18.3 Å². The van der Waals surface area contributed by atoms with Crippen molar-refractivity contribution < 1.29 is 26.1 Å². The molecule has 0 aliphatic carbocycles. The smallest absolute Gasteiger partial charge is 0.485 e. The van der Waals surface area contributed by atoms with Gasteiger partial charge >= 0.3 is 130 Å². The summed E-state index contributed by atoms with van der Waals surface area (Å²) in [5, 5.41) is 0. The number of aryl methyl sites for hydroxylation is 1. The van der Waals surface area contributed by atoms with E-state index >= 15 is 0 Å². The minimum atomic E-state index is -6.09. The Hall–Kier alpha value is -1.72. The molecule has 0 unspecified atom stereocenters. The fraction of sp³-hybridized carbons (Fsp3) is 0.105. The fourth-order valence-electron chi connectivity index (χ4n) is 2.12. The molecule has 142 valence electrons. The van der Waals surface area contributed by atoms with Crippen molar-refractivity contribution >= 4 is 30.5 Å². The molecule has 3 aromatic rings. The van der Waals surface area contributed by atoms with Gasteiger partial charge in [-0.25, -0.2) is 8.42 Å². The maximum atomic E-state index is 10.7. The van der Waals surface area contributed by atoms with Crippen LogP contribution in [-0.4, -0.2) is 38.9 Å². The standard InChI is InChI=1S/C18H15Te.CHF3O3S/c1-14-12-17(15-8-4-2-5-9-15)19-18(13-14)16-10-6-3-7-11-16;2-1(3,4)8(5,6)7/h2-13H,1H3;(H,5,6,7)/q+1;/p-1. The molecular formula is C19H15F3O3STe. The third-order valence-corrected chi connectivity index (χ3v) is 7.18. The Morgan fingerprint density at radius 3 is 1.44 bits per heavy atom. The van der Waals surface area contributed by atoms with E-state index in [9.17, 15) is 13.2 Å². The second kappa shape index (κ2) is 8.98. The maximum absolute atomic E-state index is 10.7. The van der Waals surface area contributed by atoms with Crippen LogP contribution in [0.4, 0.5) is 13.2 Å². The normalized spacial score (nSPS) is 11.4. The molecule has 0 aliphatic heterocycles. The summed E-state index contributed by atoms with van der Waals surface area (Å²) in [7, 11) is -6.09. The molecule has 0 N–H and O–H groups in total. The number of alkyl halides is 3. The van der Waals surface area contributed by atoms with E-state index in [0.29, 0.717) is 0 Å². The Morgan fingerprint density at radius 2 is 1.15 bits per heavy atom. The van der Waals surface area contributed by atoms with Gasteiger partial charge in [0.25, 0.3) is 0 Å². The molecule has 0 atom stereocenters. The zero-order chi connectivity index (χ0) is 20.1. The summed E-state index contributed by atoms with van der Waals surface area (Å²) in [6.07, 6.45) is 0. The van der Waals surface area contributed by atoms with Crippen LogP contribution in [0.5, 0.6) is 0 Å². The molecule has 0 amide bonds. The van der Waals surface area contributed by atoms with E-state index in [1.54, 1.807) is 0 Å². The Balaban J connectivity index is 0.000000279. The molecule has 3 nitrogen and oxygen atoms in total. The summed E-state index contributed by atoms with van der Waals surface area (Å²) >= 11 is -0.301. The summed E-state index contributed by atoms with van der Waals surface area (Å²) in [6.45, 7) is 2.19. The van der Waals surface area contributed by atoms with Crippen LogP contribution in [-0.2, 0) is 10.1 Å². The Kier molecular flexibility index (Phi) is 7.18. The van der Waals surface area contributed by atoms with Gasteiger partial charge in [0.15, 0.2) is 10.1 Å². The van der Waals surface area contributed by atoms with Gasteiger partial charge in [0.1, 0.15) is 0 Å². The quantitative estimate of drug-likeness (QED) is 0.286. The number of hydrogen-bond donors (Lipinski definition) is 0. The van der Waals surface area contributed by atoms with Crippen molar-refractivity contribution in [3.8, 4) is 18.3 Å². The summed E-state index contributed by atoms with van der Waals surface area (Å²) < 4.78 is 62.0. The van der Waals surface area contributed by atoms with E-state index < -0.39 is 15.6 Å². The van der Waals surface area contributed by atoms with E-state index in [1.807, 2.05) is 0 Å². The predicted octanol–water partition coefficient (Wildman–Crippen LogP) is 4.72. The van der Waals surface area contributed by atoms with E-state index in [4.69, 9.17) is 13.0 Å². The molecule has 0 aliphatic rings. The van der Waals surface area contributed by atoms with E-state index in [2.05, 4.69) is 79.7 Å². The summed E-state index contributed by atoms with van der Waals surface area (Å²) in [5.74, 6) is 0. The van der Waals surface area contributed by atoms with Crippen LogP contribution in [0.1, 0.15) is 5.56 Å². The van der Waals surface area contributed by atoms with E-state index in [1.165, 1.54) is 23.8 Å². The van der Waals surface area contributed by atoms with Crippen molar-refractivity contribution in [3.63, 3.8) is 0 Å². The van der Waals surface area contributed by atoms with Crippen LogP contribution >= 0.6 is 0 Å². The molecule has 1 aromatic heterocycles.